The molecule has 0 saturated carbocycles. The van der Waals surface area contributed by atoms with Crippen molar-refractivity contribution in [3.05, 3.63) is 225 Å². The van der Waals surface area contributed by atoms with Gasteiger partial charge in [-0.2, -0.15) is 0 Å². The van der Waals surface area contributed by atoms with Crippen molar-refractivity contribution in [1.29, 1.82) is 0 Å². The Labute approximate surface area is 402 Å². The molecule has 10 aromatic rings. The molecule has 0 unspecified atom stereocenters. The summed E-state index contributed by atoms with van der Waals surface area (Å²) in [5.74, 6) is 0. The average Bonchev–Trinajstić information content (AvgIpc) is 3.71. The standard InChI is InChI=1S/C66H58N2/c1-39-31-47(32-40(2)43(39)5)67(45-27-29-61-57(35-45)51-21-15-17-25-59(51)65(61,7)8)63-37-55-50-20-12-14-24-54(50)64(38-56(55)49-19-11-13-23-53(49)63)68(48-33-41(3)44(6)42(4)34-48)46-28-30-62-58(36-46)52-22-16-18-26-60(52)66(62,9)10/h11-38H,1-10H3. The van der Waals surface area contributed by atoms with Gasteiger partial charge in [-0.3, -0.25) is 0 Å². The topological polar surface area (TPSA) is 6.48 Å². The second-order valence-electron chi connectivity index (χ2n) is 20.9. The van der Waals surface area contributed by atoms with E-state index in [1.54, 1.807) is 0 Å². The summed E-state index contributed by atoms with van der Waals surface area (Å²) in [6.07, 6.45) is 0. The van der Waals surface area contributed by atoms with E-state index in [0.29, 0.717) is 0 Å². The smallest absolute Gasteiger partial charge is 0.0546 e. The summed E-state index contributed by atoms with van der Waals surface area (Å²) in [4.78, 5) is 5.07. The fourth-order valence-electron chi connectivity index (χ4n) is 12.1. The first kappa shape index (κ1) is 42.0. The first-order valence-corrected chi connectivity index (χ1v) is 24.3. The highest BCUT2D eigenvalue weighted by Gasteiger charge is 2.37. The van der Waals surface area contributed by atoms with E-state index in [0.717, 1.165) is 11.4 Å². The van der Waals surface area contributed by atoms with Crippen LogP contribution in [0.3, 0.4) is 0 Å². The van der Waals surface area contributed by atoms with E-state index in [9.17, 15) is 0 Å². The lowest BCUT2D eigenvalue weighted by molar-refractivity contribution is 0.660. The zero-order valence-corrected chi connectivity index (χ0v) is 41.1. The number of fused-ring (bicyclic) bond motifs is 11. The summed E-state index contributed by atoms with van der Waals surface area (Å²) in [5.41, 5.74) is 25.4. The van der Waals surface area contributed by atoms with Crippen LogP contribution in [-0.4, -0.2) is 0 Å². The third kappa shape index (κ3) is 6.09. The van der Waals surface area contributed by atoms with Crippen LogP contribution >= 0.6 is 0 Å². The highest BCUT2D eigenvalue weighted by Crippen LogP contribution is 2.54. The first-order valence-electron chi connectivity index (χ1n) is 24.3. The van der Waals surface area contributed by atoms with Gasteiger partial charge in [0.2, 0.25) is 0 Å². The minimum Gasteiger partial charge on any atom is -0.310 e. The second kappa shape index (κ2) is 15.0. The summed E-state index contributed by atoms with van der Waals surface area (Å²) in [6.45, 7) is 23.0. The van der Waals surface area contributed by atoms with Crippen LogP contribution in [0.15, 0.2) is 170 Å². The van der Waals surface area contributed by atoms with E-state index in [1.807, 2.05) is 0 Å². The quantitative estimate of drug-likeness (QED) is 0.154. The van der Waals surface area contributed by atoms with Gasteiger partial charge in [0.25, 0.3) is 0 Å². The van der Waals surface area contributed by atoms with E-state index in [1.165, 1.54) is 133 Å². The van der Waals surface area contributed by atoms with Gasteiger partial charge in [-0.05, 0) is 202 Å². The zero-order valence-electron chi connectivity index (χ0n) is 41.1. The van der Waals surface area contributed by atoms with Crippen molar-refractivity contribution in [2.24, 2.45) is 0 Å². The van der Waals surface area contributed by atoms with Crippen molar-refractivity contribution in [2.45, 2.75) is 80.1 Å². The summed E-state index contributed by atoms with van der Waals surface area (Å²) in [7, 11) is 0. The molecular weight excluding hydrogens is 821 g/mol. The Morgan fingerprint density at radius 3 is 0.985 bits per heavy atom. The normalized spacial score (nSPS) is 14.0. The number of hydrogen-bond donors (Lipinski definition) is 0. The van der Waals surface area contributed by atoms with E-state index in [2.05, 4.69) is 249 Å². The van der Waals surface area contributed by atoms with Crippen LogP contribution in [0.5, 0.6) is 0 Å². The molecule has 0 heterocycles. The van der Waals surface area contributed by atoms with Crippen LogP contribution in [-0.2, 0) is 10.8 Å². The predicted octanol–water partition coefficient (Wildman–Crippen LogP) is 18.5. The fraction of sp³-hybridized carbons (Fsp3) is 0.182. The molecule has 0 bridgehead atoms. The van der Waals surface area contributed by atoms with Crippen molar-refractivity contribution in [3.8, 4) is 22.3 Å². The molecular formula is C66H58N2. The van der Waals surface area contributed by atoms with Gasteiger partial charge in [0.05, 0.1) is 11.4 Å². The van der Waals surface area contributed by atoms with Crippen LogP contribution in [0, 0.1) is 41.5 Å². The molecule has 0 atom stereocenters. The number of anilines is 6. The van der Waals surface area contributed by atoms with Gasteiger partial charge < -0.3 is 9.80 Å². The summed E-state index contributed by atoms with van der Waals surface area (Å²) < 4.78 is 0. The number of hydrogen-bond acceptors (Lipinski definition) is 2. The van der Waals surface area contributed by atoms with Gasteiger partial charge in [0.15, 0.2) is 0 Å². The molecule has 0 aromatic heterocycles. The van der Waals surface area contributed by atoms with Gasteiger partial charge in [-0.25, -0.2) is 0 Å². The lowest BCUT2D eigenvalue weighted by Crippen LogP contribution is -2.16. The molecule has 0 spiro atoms. The maximum Gasteiger partial charge on any atom is 0.0546 e. The molecule has 0 amide bonds. The lowest BCUT2D eigenvalue weighted by Gasteiger charge is -2.31. The SMILES string of the molecule is Cc1cc(N(c2ccc3c(c2)-c2ccccc2C3(C)C)c2cc3c4ccccc4c(N(c4cc(C)c(C)c(C)c4)c4ccc5c(c4)-c4ccccc4C5(C)C)cc3c3ccccc23)cc(C)c1C. The highest BCUT2D eigenvalue weighted by molar-refractivity contribution is 6.24. The Morgan fingerprint density at radius 1 is 0.279 bits per heavy atom. The van der Waals surface area contributed by atoms with Crippen molar-refractivity contribution in [3.63, 3.8) is 0 Å². The minimum absolute atomic E-state index is 0.0800. The molecule has 2 heteroatoms. The van der Waals surface area contributed by atoms with E-state index >= 15 is 0 Å². The molecule has 0 radical (unpaired) electrons. The molecule has 10 aromatic carbocycles. The van der Waals surface area contributed by atoms with Crippen LogP contribution in [0.1, 0.15) is 83.3 Å². The molecule has 12 rings (SSSR count). The molecule has 0 saturated heterocycles. The molecule has 0 fully saturated rings. The second-order valence-corrected chi connectivity index (χ2v) is 20.9. The third-order valence-corrected chi connectivity index (χ3v) is 16.3. The molecule has 2 aliphatic rings. The zero-order chi connectivity index (χ0) is 47.0. The Bertz CT molecular complexity index is 3480. The molecule has 2 nitrogen and oxygen atoms in total. The third-order valence-electron chi connectivity index (χ3n) is 16.3. The Balaban J connectivity index is 1.14. The van der Waals surface area contributed by atoms with E-state index in [4.69, 9.17) is 0 Å². The highest BCUT2D eigenvalue weighted by atomic mass is 15.2. The monoisotopic (exact) mass is 878 g/mol. The van der Waals surface area contributed by atoms with Crippen LogP contribution < -0.4 is 9.80 Å². The van der Waals surface area contributed by atoms with E-state index < -0.39 is 0 Å². The largest absolute Gasteiger partial charge is 0.310 e. The minimum atomic E-state index is -0.0800. The van der Waals surface area contributed by atoms with Gasteiger partial charge in [0, 0.05) is 44.4 Å². The van der Waals surface area contributed by atoms with Crippen molar-refractivity contribution < 1.29 is 0 Å². The fourth-order valence-corrected chi connectivity index (χ4v) is 12.1. The number of rotatable bonds is 6. The van der Waals surface area contributed by atoms with Crippen LogP contribution in [0.4, 0.5) is 34.1 Å². The van der Waals surface area contributed by atoms with Crippen LogP contribution in [0.25, 0.3) is 54.6 Å². The molecule has 0 aliphatic heterocycles. The van der Waals surface area contributed by atoms with E-state index in [-0.39, 0.29) is 10.8 Å². The van der Waals surface area contributed by atoms with Gasteiger partial charge in [-0.1, -0.05) is 137 Å². The molecule has 2 aliphatic carbocycles. The van der Waals surface area contributed by atoms with Crippen molar-refractivity contribution >= 4 is 66.4 Å². The average molecular weight is 879 g/mol. The Kier molecular flexibility index (Phi) is 9.29. The van der Waals surface area contributed by atoms with Crippen molar-refractivity contribution in [1.82, 2.24) is 0 Å². The Morgan fingerprint density at radius 2 is 0.603 bits per heavy atom. The maximum absolute atomic E-state index is 2.53. The maximum atomic E-state index is 2.53. The molecule has 68 heavy (non-hydrogen) atoms. The number of nitrogens with zero attached hydrogens (tertiary/aromatic N) is 2. The first-order chi connectivity index (χ1) is 32.7. The van der Waals surface area contributed by atoms with Crippen LogP contribution in [0.2, 0.25) is 0 Å². The Hall–Kier alpha value is -7.42. The van der Waals surface area contributed by atoms with Crippen molar-refractivity contribution in [2.75, 3.05) is 9.80 Å². The summed E-state index contributed by atoms with van der Waals surface area (Å²) in [5, 5.41) is 7.35. The lowest BCUT2D eigenvalue weighted by atomic mass is 9.82. The summed E-state index contributed by atoms with van der Waals surface area (Å²) in [6, 6.07) is 65.0. The molecule has 332 valence electrons. The summed E-state index contributed by atoms with van der Waals surface area (Å²) >= 11 is 0. The molecule has 0 N–H and O–H groups in total. The van der Waals surface area contributed by atoms with Gasteiger partial charge >= 0.3 is 0 Å². The number of aryl methyl sites for hydroxylation is 4. The van der Waals surface area contributed by atoms with Gasteiger partial charge in [-0.15, -0.1) is 0 Å². The predicted molar refractivity (Wildman–Crippen MR) is 292 cm³/mol. The number of benzene rings is 10. The van der Waals surface area contributed by atoms with Gasteiger partial charge in [0.1, 0.15) is 0 Å².